The van der Waals surface area contributed by atoms with Crippen molar-refractivity contribution in [3.8, 4) is 0 Å². The van der Waals surface area contributed by atoms with Crippen LogP contribution < -0.4 is 5.73 Å². The lowest BCUT2D eigenvalue weighted by Crippen LogP contribution is -2.43. The number of aromatic nitrogens is 1. The van der Waals surface area contributed by atoms with Crippen molar-refractivity contribution in [3.05, 3.63) is 16.1 Å². The van der Waals surface area contributed by atoms with Gasteiger partial charge in [-0.05, 0) is 19.8 Å². The fourth-order valence-electron chi connectivity index (χ4n) is 1.29. The van der Waals surface area contributed by atoms with E-state index in [0.29, 0.717) is 13.2 Å². The first-order valence-corrected chi connectivity index (χ1v) is 6.25. The van der Waals surface area contributed by atoms with Crippen LogP contribution in [-0.2, 0) is 11.3 Å². The lowest BCUT2D eigenvalue weighted by molar-refractivity contribution is 0.0680. The average molecular weight is 228 g/mol. The molecule has 0 spiro atoms. The minimum atomic E-state index is -0.176. The summed E-state index contributed by atoms with van der Waals surface area (Å²) in [4.78, 5) is 4.33. The molecule has 3 nitrogen and oxygen atoms in total. The van der Waals surface area contributed by atoms with Gasteiger partial charge in [0.2, 0.25) is 0 Å². The number of hydrogen-bond acceptors (Lipinski definition) is 4. The Bertz CT molecular complexity index is 295. The van der Waals surface area contributed by atoms with Crippen molar-refractivity contribution in [3.63, 3.8) is 0 Å². The van der Waals surface area contributed by atoms with Crippen LogP contribution in [0.1, 0.15) is 37.4 Å². The number of ether oxygens (including phenoxy) is 1. The van der Waals surface area contributed by atoms with Gasteiger partial charge in [0.1, 0.15) is 0 Å². The largest absolute Gasteiger partial charge is 0.373 e. The molecular formula is C11H20N2OS. The lowest BCUT2D eigenvalue weighted by atomic mass is 9.96. The van der Waals surface area contributed by atoms with Gasteiger partial charge >= 0.3 is 0 Å². The molecular weight excluding hydrogens is 208 g/mol. The van der Waals surface area contributed by atoms with Crippen LogP contribution in [0.4, 0.5) is 0 Å². The van der Waals surface area contributed by atoms with Crippen molar-refractivity contribution in [2.45, 2.75) is 45.8 Å². The van der Waals surface area contributed by atoms with Crippen molar-refractivity contribution in [2.75, 3.05) is 6.61 Å². The number of thiazole rings is 1. The third-order valence-corrected chi connectivity index (χ3v) is 3.54. The molecule has 0 saturated carbocycles. The summed E-state index contributed by atoms with van der Waals surface area (Å²) in [7, 11) is 0. The number of rotatable bonds is 6. The summed E-state index contributed by atoms with van der Waals surface area (Å²) in [6.45, 7) is 7.37. The van der Waals surface area contributed by atoms with Gasteiger partial charge in [-0.25, -0.2) is 4.98 Å². The summed E-state index contributed by atoms with van der Waals surface area (Å²) >= 11 is 1.65. The Morgan fingerprint density at radius 2 is 2.13 bits per heavy atom. The van der Waals surface area contributed by atoms with E-state index in [1.165, 1.54) is 0 Å². The Labute approximate surface area is 95.7 Å². The number of hydrogen-bond donors (Lipinski definition) is 1. The Balaban J connectivity index is 2.32. The van der Waals surface area contributed by atoms with E-state index in [4.69, 9.17) is 10.5 Å². The van der Waals surface area contributed by atoms with E-state index in [1.54, 1.807) is 11.3 Å². The van der Waals surface area contributed by atoms with E-state index >= 15 is 0 Å². The topological polar surface area (TPSA) is 48.1 Å². The number of nitrogens with zero attached hydrogens (tertiary/aromatic N) is 1. The number of aryl methyl sites for hydroxylation is 1. The summed E-state index contributed by atoms with van der Waals surface area (Å²) in [6, 6.07) is 0. The van der Waals surface area contributed by atoms with Crippen LogP contribution in [0.2, 0.25) is 0 Å². The summed E-state index contributed by atoms with van der Waals surface area (Å²) < 4.78 is 5.60. The highest BCUT2D eigenvalue weighted by Gasteiger charge is 2.20. The Morgan fingerprint density at radius 1 is 1.47 bits per heavy atom. The fraction of sp³-hybridized carbons (Fsp3) is 0.727. The molecule has 1 aromatic heterocycles. The zero-order valence-electron chi connectivity index (χ0n) is 9.75. The highest BCUT2D eigenvalue weighted by atomic mass is 32.1. The fourth-order valence-corrected chi connectivity index (χ4v) is 1.88. The monoisotopic (exact) mass is 228 g/mol. The van der Waals surface area contributed by atoms with E-state index in [0.717, 1.165) is 23.5 Å². The first-order chi connectivity index (χ1) is 7.09. The van der Waals surface area contributed by atoms with Gasteiger partial charge in [-0.2, -0.15) is 0 Å². The molecule has 1 rings (SSSR count). The third-order valence-electron chi connectivity index (χ3n) is 2.71. The van der Waals surface area contributed by atoms with Crippen molar-refractivity contribution < 1.29 is 4.74 Å². The van der Waals surface area contributed by atoms with Gasteiger partial charge in [-0.1, -0.05) is 13.8 Å². The zero-order valence-corrected chi connectivity index (χ0v) is 10.6. The first kappa shape index (κ1) is 12.6. The van der Waals surface area contributed by atoms with Gasteiger partial charge in [0.15, 0.2) is 0 Å². The standard InChI is InChI=1S/C11H20N2OS/c1-4-11(12,5-2)8-14-6-10-7-15-9(3)13-10/h7H,4-6,8,12H2,1-3H3. The van der Waals surface area contributed by atoms with E-state index in [2.05, 4.69) is 18.8 Å². The van der Waals surface area contributed by atoms with Crippen molar-refractivity contribution in [2.24, 2.45) is 5.73 Å². The molecule has 0 fully saturated rings. The van der Waals surface area contributed by atoms with Crippen LogP contribution in [0, 0.1) is 6.92 Å². The van der Waals surface area contributed by atoms with E-state index in [-0.39, 0.29) is 5.54 Å². The minimum Gasteiger partial charge on any atom is -0.373 e. The van der Waals surface area contributed by atoms with Crippen molar-refractivity contribution in [1.29, 1.82) is 0 Å². The van der Waals surface area contributed by atoms with E-state index < -0.39 is 0 Å². The predicted molar refractivity (Wildman–Crippen MR) is 64.0 cm³/mol. The zero-order chi connectivity index (χ0) is 11.3. The van der Waals surface area contributed by atoms with Gasteiger partial charge in [0.25, 0.3) is 0 Å². The maximum Gasteiger partial charge on any atom is 0.0898 e. The van der Waals surface area contributed by atoms with Crippen LogP contribution in [-0.4, -0.2) is 17.1 Å². The maximum absolute atomic E-state index is 6.12. The second-order valence-electron chi connectivity index (χ2n) is 3.92. The van der Waals surface area contributed by atoms with Crippen LogP contribution in [0.25, 0.3) is 0 Å². The lowest BCUT2D eigenvalue weighted by Gasteiger charge is -2.25. The normalized spacial score (nSPS) is 12.0. The molecule has 0 atom stereocenters. The Hall–Kier alpha value is -0.450. The predicted octanol–water partition coefficient (Wildman–Crippen LogP) is 2.49. The molecule has 0 unspecified atom stereocenters. The Morgan fingerprint density at radius 3 is 2.60 bits per heavy atom. The van der Waals surface area contributed by atoms with Crippen LogP contribution >= 0.6 is 11.3 Å². The highest BCUT2D eigenvalue weighted by Crippen LogP contribution is 2.14. The van der Waals surface area contributed by atoms with E-state index in [9.17, 15) is 0 Å². The summed E-state index contributed by atoms with van der Waals surface area (Å²) in [5.41, 5.74) is 6.95. The number of nitrogens with two attached hydrogens (primary N) is 1. The molecule has 0 radical (unpaired) electrons. The molecule has 1 aromatic rings. The smallest absolute Gasteiger partial charge is 0.0898 e. The van der Waals surface area contributed by atoms with E-state index in [1.807, 2.05) is 12.3 Å². The SMILES string of the molecule is CCC(N)(CC)COCc1csc(C)n1. The molecule has 0 aromatic carbocycles. The molecule has 0 aliphatic carbocycles. The summed E-state index contributed by atoms with van der Waals surface area (Å²) in [6.07, 6.45) is 1.89. The van der Waals surface area contributed by atoms with Gasteiger partial charge in [0.05, 0.1) is 23.9 Å². The second-order valence-corrected chi connectivity index (χ2v) is 4.98. The first-order valence-electron chi connectivity index (χ1n) is 5.37. The van der Waals surface area contributed by atoms with Crippen molar-refractivity contribution in [1.82, 2.24) is 4.98 Å². The second kappa shape index (κ2) is 5.58. The van der Waals surface area contributed by atoms with Gasteiger partial charge in [-0.3, -0.25) is 0 Å². The van der Waals surface area contributed by atoms with Crippen LogP contribution in [0.3, 0.4) is 0 Å². The molecule has 0 bridgehead atoms. The third kappa shape index (κ3) is 3.89. The maximum atomic E-state index is 6.12. The Kier molecular flexibility index (Phi) is 4.70. The minimum absolute atomic E-state index is 0.176. The average Bonchev–Trinajstić information content (AvgIpc) is 2.64. The molecule has 2 N–H and O–H groups in total. The van der Waals surface area contributed by atoms with Crippen LogP contribution in [0.15, 0.2) is 5.38 Å². The molecule has 86 valence electrons. The van der Waals surface area contributed by atoms with Gasteiger partial charge < -0.3 is 10.5 Å². The molecule has 15 heavy (non-hydrogen) atoms. The molecule has 0 aliphatic heterocycles. The van der Waals surface area contributed by atoms with Gasteiger partial charge in [0, 0.05) is 10.9 Å². The molecule has 1 heterocycles. The molecule has 0 amide bonds. The summed E-state index contributed by atoms with van der Waals surface area (Å²) in [5, 5.41) is 3.12. The van der Waals surface area contributed by atoms with Crippen LogP contribution in [0.5, 0.6) is 0 Å². The van der Waals surface area contributed by atoms with Crippen molar-refractivity contribution >= 4 is 11.3 Å². The molecule has 4 heteroatoms. The quantitative estimate of drug-likeness (QED) is 0.813. The molecule has 0 saturated heterocycles. The molecule has 0 aliphatic rings. The van der Waals surface area contributed by atoms with Gasteiger partial charge in [-0.15, -0.1) is 11.3 Å². The summed E-state index contributed by atoms with van der Waals surface area (Å²) in [5.74, 6) is 0. The highest BCUT2D eigenvalue weighted by molar-refractivity contribution is 7.09.